The van der Waals surface area contributed by atoms with Crippen LogP contribution in [-0.2, 0) is 16.4 Å². The van der Waals surface area contributed by atoms with E-state index in [-0.39, 0.29) is 11.4 Å². The fraction of sp³-hybridized carbons (Fsp3) is 0.200. The van der Waals surface area contributed by atoms with E-state index >= 15 is 0 Å². The normalized spacial score (nSPS) is 11.6. The third-order valence-electron chi connectivity index (χ3n) is 3.13. The molecule has 0 radical (unpaired) electrons. The molecule has 0 fully saturated rings. The summed E-state index contributed by atoms with van der Waals surface area (Å²) in [6.07, 6.45) is 0.426. The average Bonchev–Trinajstić information content (AvgIpc) is 2.40. The minimum absolute atomic E-state index is 0.0658. The summed E-state index contributed by atoms with van der Waals surface area (Å²) in [5, 5.41) is 1.01. The Morgan fingerprint density at radius 2 is 1.86 bits per heavy atom. The predicted octanol–water partition coefficient (Wildman–Crippen LogP) is 3.96. The van der Waals surface area contributed by atoms with Gasteiger partial charge < -0.3 is 0 Å². The summed E-state index contributed by atoms with van der Waals surface area (Å²) in [5.74, 6) is -0.468. The molecule has 0 saturated heterocycles. The minimum Gasteiger partial charge on any atom is -0.211 e. The molecular weight excluding hydrogens is 348 g/mol. The Balaban J connectivity index is 2.07. The van der Waals surface area contributed by atoms with E-state index in [4.69, 9.17) is 23.2 Å². The van der Waals surface area contributed by atoms with Crippen LogP contribution in [0.5, 0.6) is 0 Å². The van der Waals surface area contributed by atoms with Gasteiger partial charge in [0.05, 0.1) is 4.90 Å². The molecule has 0 atom stereocenters. The van der Waals surface area contributed by atoms with Crippen LogP contribution in [0.15, 0.2) is 41.3 Å². The van der Waals surface area contributed by atoms with Crippen LogP contribution >= 0.6 is 23.2 Å². The van der Waals surface area contributed by atoms with Gasteiger partial charge >= 0.3 is 0 Å². The highest BCUT2D eigenvalue weighted by atomic mass is 35.5. The van der Waals surface area contributed by atoms with E-state index in [0.29, 0.717) is 22.0 Å². The number of sulfonamides is 1. The Labute approximate surface area is 139 Å². The Kier molecular flexibility index (Phi) is 5.45. The molecular formula is C15H14Cl2FNO2S. The highest BCUT2D eigenvalue weighted by molar-refractivity contribution is 7.89. The molecule has 2 rings (SSSR count). The molecule has 0 saturated carbocycles. The Bertz CT molecular complexity index is 794. The quantitative estimate of drug-likeness (QED) is 0.875. The van der Waals surface area contributed by atoms with Crippen molar-refractivity contribution in [3.63, 3.8) is 0 Å². The van der Waals surface area contributed by atoms with Gasteiger partial charge in [0.1, 0.15) is 5.82 Å². The molecule has 22 heavy (non-hydrogen) atoms. The molecule has 0 spiro atoms. The molecule has 0 aliphatic heterocycles. The van der Waals surface area contributed by atoms with Gasteiger partial charge in [-0.15, -0.1) is 0 Å². The standard InChI is InChI=1S/C15H14Cl2FNO2S/c1-10-8-13(18)4-5-15(10)22(20,21)19-7-6-11-2-3-12(16)9-14(11)17/h2-5,8-9,19H,6-7H2,1H3. The maximum Gasteiger partial charge on any atom is 0.240 e. The summed E-state index contributed by atoms with van der Waals surface area (Å²) in [4.78, 5) is 0.0658. The zero-order valence-electron chi connectivity index (χ0n) is 11.7. The van der Waals surface area contributed by atoms with Crippen molar-refractivity contribution in [2.24, 2.45) is 0 Å². The molecule has 0 amide bonds. The van der Waals surface area contributed by atoms with Crippen LogP contribution in [0, 0.1) is 12.7 Å². The van der Waals surface area contributed by atoms with E-state index in [0.717, 1.165) is 11.6 Å². The van der Waals surface area contributed by atoms with Gasteiger partial charge in [-0.2, -0.15) is 0 Å². The summed E-state index contributed by atoms with van der Waals surface area (Å²) >= 11 is 11.8. The third-order valence-corrected chi connectivity index (χ3v) is 5.34. The fourth-order valence-electron chi connectivity index (χ4n) is 2.04. The smallest absolute Gasteiger partial charge is 0.211 e. The SMILES string of the molecule is Cc1cc(F)ccc1S(=O)(=O)NCCc1ccc(Cl)cc1Cl. The van der Waals surface area contributed by atoms with Crippen molar-refractivity contribution in [2.45, 2.75) is 18.2 Å². The molecule has 2 aromatic carbocycles. The molecule has 0 aliphatic rings. The lowest BCUT2D eigenvalue weighted by Crippen LogP contribution is -2.26. The first-order valence-corrected chi connectivity index (χ1v) is 8.73. The van der Waals surface area contributed by atoms with Gasteiger partial charge in [0, 0.05) is 16.6 Å². The largest absolute Gasteiger partial charge is 0.240 e. The molecule has 0 aromatic heterocycles. The molecule has 7 heteroatoms. The maximum absolute atomic E-state index is 13.0. The topological polar surface area (TPSA) is 46.2 Å². The Morgan fingerprint density at radius 3 is 2.50 bits per heavy atom. The van der Waals surface area contributed by atoms with Crippen molar-refractivity contribution >= 4 is 33.2 Å². The van der Waals surface area contributed by atoms with Crippen LogP contribution in [0.4, 0.5) is 4.39 Å². The third kappa shape index (κ3) is 4.20. The number of aryl methyl sites for hydroxylation is 1. The van der Waals surface area contributed by atoms with Gasteiger partial charge in [0.15, 0.2) is 0 Å². The van der Waals surface area contributed by atoms with Gasteiger partial charge in [-0.3, -0.25) is 0 Å². The lowest BCUT2D eigenvalue weighted by atomic mass is 10.1. The lowest BCUT2D eigenvalue weighted by Gasteiger charge is -2.10. The second-order valence-corrected chi connectivity index (χ2v) is 7.37. The number of hydrogen-bond donors (Lipinski definition) is 1. The minimum atomic E-state index is -3.68. The van der Waals surface area contributed by atoms with E-state index in [1.54, 1.807) is 25.1 Å². The molecule has 0 bridgehead atoms. The van der Waals surface area contributed by atoms with Gasteiger partial charge in [0.25, 0.3) is 0 Å². The molecule has 3 nitrogen and oxygen atoms in total. The summed E-state index contributed by atoms with van der Waals surface area (Å²) in [5.41, 5.74) is 1.15. The van der Waals surface area contributed by atoms with Crippen molar-refractivity contribution in [1.82, 2.24) is 4.72 Å². The summed E-state index contributed by atoms with van der Waals surface area (Å²) in [6.45, 7) is 1.73. The van der Waals surface area contributed by atoms with E-state index in [2.05, 4.69) is 4.72 Å². The number of rotatable bonds is 5. The lowest BCUT2D eigenvalue weighted by molar-refractivity contribution is 0.580. The first-order chi connectivity index (χ1) is 10.3. The second kappa shape index (κ2) is 6.96. The Hall–Kier alpha value is -1.14. The van der Waals surface area contributed by atoms with Crippen LogP contribution in [0.25, 0.3) is 0 Å². The van der Waals surface area contributed by atoms with Gasteiger partial charge in [-0.1, -0.05) is 29.3 Å². The second-order valence-electron chi connectivity index (χ2n) is 4.79. The van der Waals surface area contributed by atoms with Gasteiger partial charge in [0.2, 0.25) is 10.0 Å². The van der Waals surface area contributed by atoms with Crippen LogP contribution in [0.1, 0.15) is 11.1 Å². The monoisotopic (exact) mass is 361 g/mol. The van der Waals surface area contributed by atoms with Gasteiger partial charge in [-0.05, 0) is 54.8 Å². The van der Waals surface area contributed by atoms with Crippen molar-refractivity contribution < 1.29 is 12.8 Å². The fourth-order valence-corrected chi connectivity index (χ4v) is 3.80. The first-order valence-electron chi connectivity index (χ1n) is 6.49. The van der Waals surface area contributed by atoms with E-state index in [1.807, 2.05) is 0 Å². The number of benzene rings is 2. The number of halogens is 3. The number of nitrogens with one attached hydrogen (secondary N) is 1. The van der Waals surface area contributed by atoms with Crippen LogP contribution in [-0.4, -0.2) is 15.0 Å². The maximum atomic E-state index is 13.0. The molecule has 2 aromatic rings. The Morgan fingerprint density at radius 1 is 1.14 bits per heavy atom. The first kappa shape index (κ1) is 17.2. The van der Waals surface area contributed by atoms with Crippen LogP contribution < -0.4 is 4.72 Å². The van der Waals surface area contributed by atoms with Crippen molar-refractivity contribution in [3.8, 4) is 0 Å². The van der Waals surface area contributed by atoms with E-state index < -0.39 is 15.8 Å². The average molecular weight is 362 g/mol. The van der Waals surface area contributed by atoms with Crippen molar-refractivity contribution in [1.29, 1.82) is 0 Å². The highest BCUT2D eigenvalue weighted by Crippen LogP contribution is 2.21. The molecule has 0 unspecified atom stereocenters. The van der Waals surface area contributed by atoms with Gasteiger partial charge in [-0.25, -0.2) is 17.5 Å². The summed E-state index contributed by atoms with van der Waals surface area (Å²) in [7, 11) is -3.68. The molecule has 1 N–H and O–H groups in total. The van der Waals surface area contributed by atoms with Crippen molar-refractivity contribution in [3.05, 3.63) is 63.4 Å². The summed E-state index contributed by atoms with van der Waals surface area (Å²) in [6, 6.07) is 8.62. The highest BCUT2D eigenvalue weighted by Gasteiger charge is 2.16. The van der Waals surface area contributed by atoms with E-state index in [1.165, 1.54) is 12.1 Å². The molecule has 0 aliphatic carbocycles. The number of hydrogen-bond acceptors (Lipinski definition) is 2. The van der Waals surface area contributed by atoms with E-state index in [9.17, 15) is 12.8 Å². The summed E-state index contributed by atoms with van der Waals surface area (Å²) < 4.78 is 39.9. The van der Waals surface area contributed by atoms with Crippen molar-refractivity contribution in [2.75, 3.05) is 6.54 Å². The van der Waals surface area contributed by atoms with Crippen LogP contribution in [0.3, 0.4) is 0 Å². The predicted molar refractivity (Wildman–Crippen MR) is 86.5 cm³/mol. The zero-order valence-corrected chi connectivity index (χ0v) is 14.1. The molecule has 118 valence electrons. The van der Waals surface area contributed by atoms with Crippen LogP contribution in [0.2, 0.25) is 10.0 Å². The molecule has 0 heterocycles. The zero-order chi connectivity index (χ0) is 16.3.